The number of nitrogens with one attached hydrogen (secondary N) is 2. The second kappa shape index (κ2) is 12.4. The third-order valence-corrected chi connectivity index (χ3v) is 8.21. The molecule has 5 rings (SSSR count). The molecule has 0 spiro atoms. The first-order chi connectivity index (χ1) is 19.7. The molecule has 0 radical (unpaired) electrons. The maximum atomic E-state index is 14.8. The molecule has 9 nitrogen and oxygen atoms in total. The zero-order valence-electron chi connectivity index (χ0n) is 24.0. The van der Waals surface area contributed by atoms with Crippen molar-refractivity contribution in [2.24, 2.45) is 13.0 Å². The minimum atomic E-state index is -0.664. The van der Waals surface area contributed by atoms with E-state index in [2.05, 4.69) is 20.5 Å². The van der Waals surface area contributed by atoms with Gasteiger partial charge in [-0.3, -0.25) is 19.3 Å². The molecule has 2 aromatic heterocycles. The van der Waals surface area contributed by atoms with Crippen molar-refractivity contribution in [3.8, 4) is 0 Å². The number of nitrogens with zero attached hydrogens (tertiary/aromatic N) is 4. The van der Waals surface area contributed by atoms with Crippen LogP contribution in [0, 0.1) is 11.7 Å². The summed E-state index contributed by atoms with van der Waals surface area (Å²) in [6.07, 6.45) is 6.25. The predicted octanol–water partition coefficient (Wildman–Crippen LogP) is 3.02. The molecule has 1 saturated heterocycles. The standard InChI is InChI=1S/C31H39FN6O3/c1-20(2)26-18-37(17-22-16-36(3)29-23(22)8-5-13-34-29)19-28(39)33-12-4-7-21-10-11-25(32)24(15-21)31(41)38-14-6-9-27(38)30(40)35-26/h5,8,10-11,13,15-16,20,26-27H,4,6-7,9,12,14,17-19H2,1-3H3,(H,33,39)(H,35,40)/t26-,27-/m0/s1. The summed E-state index contributed by atoms with van der Waals surface area (Å²) in [4.78, 5) is 48.2. The predicted molar refractivity (Wildman–Crippen MR) is 155 cm³/mol. The fraction of sp³-hybridized carbons (Fsp3) is 0.484. The van der Waals surface area contributed by atoms with Crippen LogP contribution in [0.1, 0.15) is 54.6 Å². The first kappa shape index (κ1) is 28.7. The minimum absolute atomic E-state index is 0.00767. The number of halogens is 1. The SMILES string of the molecule is CC(C)[C@@H]1CN(Cc2cn(C)c3ncccc23)CC(=O)NCCCc2ccc(F)c(c2)C(=O)N2CCC[C@H]2C(=O)N1. The summed E-state index contributed by atoms with van der Waals surface area (Å²) in [7, 11) is 1.95. The molecule has 1 aromatic carbocycles. The Morgan fingerprint density at radius 2 is 1.98 bits per heavy atom. The topological polar surface area (TPSA) is 99.6 Å². The molecule has 41 heavy (non-hydrogen) atoms. The Bertz CT molecular complexity index is 1440. The molecule has 0 aliphatic carbocycles. The van der Waals surface area contributed by atoms with Gasteiger partial charge in [0.2, 0.25) is 11.8 Å². The molecule has 2 aliphatic rings. The zero-order valence-corrected chi connectivity index (χ0v) is 24.0. The highest BCUT2D eigenvalue weighted by Gasteiger charge is 2.37. The summed E-state index contributed by atoms with van der Waals surface area (Å²) in [5.74, 6) is -1.31. The number of pyridine rings is 1. The Labute approximate surface area is 240 Å². The number of carbonyl (C=O) groups is 3. The fourth-order valence-corrected chi connectivity index (χ4v) is 5.93. The monoisotopic (exact) mass is 562 g/mol. The number of amides is 3. The fourth-order valence-electron chi connectivity index (χ4n) is 5.93. The van der Waals surface area contributed by atoms with E-state index in [1.807, 2.05) is 43.8 Å². The summed E-state index contributed by atoms with van der Waals surface area (Å²) in [5.41, 5.74) is 2.74. The normalized spacial score (nSPS) is 21.6. The molecule has 0 unspecified atom stereocenters. The average Bonchev–Trinajstić information content (AvgIpc) is 3.56. The maximum Gasteiger partial charge on any atom is 0.257 e. The Hall–Kier alpha value is -3.79. The number of hydrogen-bond donors (Lipinski definition) is 2. The number of hydrogen-bond acceptors (Lipinski definition) is 5. The molecule has 2 N–H and O–H groups in total. The van der Waals surface area contributed by atoms with Crippen molar-refractivity contribution in [1.82, 2.24) is 30.0 Å². The van der Waals surface area contributed by atoms with Crippen LogP contribution in [-0.2, 0) is 29.6 Å². The van der Waals surface area contributed by atoms with E-state index in [0.717, 1.165) is 22.2 Å². The highest BCUT2D eigenvalue weighted by atomic mass is 19.1. The van der Waals surface area contributed by atoms with Crippen molar-refractivity contribution in [1.29, 1.82) is 0 Å². The number of carbonyl (C=O) groups excluding carboxylic acids is 3. The van der Waals surface area contributed by atoms with Gasteiger partial charge in [0, 0.05) is 57.0 Å². The van der Waals surface area contributed by atoms with Crippen molar-refractivity contribution in [3.05, 3.63) is 65.2 Å². The second-order valence-electron chi connectivity index (χ2n) is 11.6. The van der Waals surface area contributed by atoms with Crippen LogP contribution >= 0.6 is 0 Å². The quantitative estimate of drug-likeness (QED) is 0.512. The van der Waals surface area contributed by atoms with Gasteiger partial charge >= 0.3 is 0 Å². The Balaban J connectivity index is 1.44. The first-order valence-electron chi connectivity index (χ1n) is 14.5. The van der Waals surface area contributed by atoms with Crippen LogP contribution in [0.5, 0.6) is 0 Å². The molecule has 4 heterocycles. The van der Waals surface area contributed by atoms with Gasteiger partial charge in [-0.2, -0.15) is 0 Å². The van der Waals surface area contributed by atoms with Crippen LogP contribution in [0.15, 0.2) is 42.7 Å². The van der Waals surface area contributed by atoms with Gasteiger partial charge in [0.25, 0.3) is 5.91 Å². The summed E-state index contributed by atoms with van der Waals surface area (Å²) in [5, 5.41) is 7.22. The summed E-state index contributed by atoms with van der Waals surface area (Å²) < 4.78 is 16.8. The smallest absolute Gasteiger partial charge is 0.257 e. The van der Waals surface area contributed by atoms with Crippen LogP contribution in [0.4, 0.5) is 4.39 Å². The summed E-state index contributed by atoms with van der Waals surface area (Å²) in [6, 6.07) is 7.58. The number of rotatable bonds is 3. The first-order valence-corrected chi connectivity index (χ1v) is 14.5. The highest BCUT2D eigenvalue weighted by Crippen LogP contribution is 2.24. The van der Waals surface area contributed by atoms with E-state index in [0.29, 0.717) is 51.9 Å². The average molecular weight is 563 g/mol. The van der Waals surface area contributed by atoms with Crippen molar-refractivity contribution < 1.29 is 18.8 Å². The van der Waals surface area contributed by atoms with E-state index >= 15 is 0 Å². The molecule has 2 atom stereocenters. The van der Waals surface area contributed by atoms with E-state index in [-0.39, 0.29) is 35.9 Å². The van der Waals surface area contributed by atoms with E-state index < -0.39 is 17.8 Å². The molecule has 1 fully saturated rings. The summed E-state index contributed by atoms with van der Waals surface area (Å²) >= 11 is 0. The van der Waals surface area contributed by atoms with Crippen molar-refractivity contribution in [2.45, 2.75) is 58.2 Å². The van der Waals surface area contributed by atoms with E-state index in [4.69, 9.17) is 0 Å². The second-order valence-corrected chi connectivity index (χ2v) is 11.6. The van der Waals surface area contributed by atoms with Crippen LogP contribution in [-0.4, -0.2) is 75.3 Å². The maximum absolute atomic E-state index is 14.8. The van der Waals surface area contributed by atoms with E-state index in [1.165, 1.54) is 11.0 Å². The van der Waals surface area contributed by atoms with Crippen molar-refractivity contribution in [3.63, 3.8) is 0 Å². The minimum Gasteiger partial charge on any atom is -0.355 e. The Kier molecular flexibility index (Phi) is 8.68. The lowest BCUT2D eigenvalue weighted by atomic mass is 10.0. The molecule has 218 valence electrons. The van der Waals surface area contributed by atoms with Gasteiger partial charge in [-0.25, -0.2) is 9.37 Å². The van der Waals surface area contributed by atoms with Crippen LogP contribution in [0.2, 0.25) is 0 Å². The largest absolute Gasteiger partial charge is 0.355 e. The molecule has 3 aromatic rings. The van der Waals surface area contributed by atoms with Gasteiger partial charge in [-0.05, 0) is 67.0 Å². The summed E-state index contributed by atoms with van der Waals surface area (Å²) in [6.45, 7) is 6.07. The lowest BCUT2D eigenvalue weighted by Crippen LogP contribution is -2.53. The van der Waals surface area contributed by atoms with Gasteiger partial charge < -0.3 is 20.1 Å². The number of fused-ring (bicyclic) bond motifs is 4. The third kappa shape index (κ3) is 6.43. The Morgan fingerprint density at radius 1 is 1.15 bits per heavy atom. The lowest BCUT2D eigenvalue weighted by Gasteiger charge is -2.32. The lowest BCUT2D eigenvalue weighted by molar-refractivity contribution is -0.126. The molecule has 2 aliphatic heterocycles. The number of aromatic nitrogens is 2. The molecule has 10 heteroatoms. The molecular formula is C31H39FN6O3. The number of aryl methyl sites for hydroxylation is 2. The molecule has 3 amide bonds. The Morgan fingerprint density at radius 3 is 2.78 bits per heavy atom. The zero-order chi connectivity index (χ0) is 29.1. The van der Waals surface area contributed by atoms with Crippen molar-refractivity contribution >= 4 is 28.8 Å². The highest BCUT2D eigenvalue weighted by molar-refractivity contribution is 5.98. The molecule has 2 bridgehead atoms. The van der Waals surface area contributed by atoms with Gasteiger partial charge in [-0.1, -0.05) is 19.9 Å². The van der Waals surface area contributed by atoms with Crippen LogP contribution in [0.25, 0.3) is 11.0 Å². The van der Waals surface area contributed by atoms with Gasteiger partial charge in [0.15, 0.2) is 0 Å². The van der Waals surface area contributed by atoms with E-state index in [1.54, 1.807) is 18.3 Å². The third-order valence-electron chi connectivity index (χ3n) is 8.21. The van der Waals surface area contributed by atoms with E-state index in [9.17, 15) is 18.8 Å². The van der Waals surface area contributed by atoms with Crippen LogP contribution < -0.4 is 10.6 Å². The molecule has 0 saturated carbocycles. The van der Waals surface area contributed by atoms with Gasteiger partial charge in [-0.15, -0.1) is 0 Å². The van der Waals surface area contributed by atoms with Crippen LogP contribution in [0.3, 0.4) is 0 Å². The van der Waals surface area contributed by atoms with Crippen molar-refractivity contribution in [2.75, 3.05) is 26.2 Å². The molecular weight excluding hydrogens is 523 g/mol. The van der Waals surface area contributed by atoms with Gasteiger partial charge in [0.1, 0.15) is 17.5 Å². The number of benzene rings is 1. The van der Waals surface area contributed by atoms with Gasteiger partial charge in [0.05, 0.1) is 12.1 Å².